The van der Waals surface area contributed by atoms with Crippen LogP contribution in [0.3, 0.4) is 0 Å². The van der Waals surface area contributed by atoms with E-state index in [-0.39, 0.29) is 6.10 Å². The van der Waals surface area contributed by atoms with E-state index in [4.69, 9.17) is 10.5 Å². The van der Waals surface area contributed by atoms with Gasteiger partial charge in [0.1, 0.15) is 11.9 Å². The van der Waals surface area contributed by atoms with Gasteiger partial charge in [-0.2, -0.15) is 5.10 Å². The summed E-state index contributed by atoms with van der Waals surface area (Å²) in [6, 6.07) is 15.5. The van der Waals surface area contributed by atoms with E-state index in [0.717, 1.165) is 42.8 Å². The number of nitrogen functional groups attached to an aromatic ring is 1. The molecule has 1 aliphatic heterocycles. The van der Waals surface area contributed by atoms with Crippen LogP contribution in [0.4, 0.5) is 5.69 Å². The molecule has 2 heterocycles. The minimum absolute atomic E-state index is 0.240. The summed E-state index contributed by atoms with van der Waals surface area (Å²) in [6.45, 7) is 2.13. The predicted octanol–water partition coefficient (Wildman–Crippen LogP) is 3.19. The van der Waals surface area contributed by atoms with Crippen LogP contribution >= 0.6 is 0 Å². The summed E-state index contributed by atoms with van der Waals surface area (Å²) >= 11 is 0. The number of H-pyrrole nitrogens is 1. The Hall–Kier alpha value is -2.86. The van der Waals surface area contributed by atoms with Crippen LogP contribution in [0.1, 0.15) is 12.8 Å². The van der Waals surface area contributed by atoms with E-state index in [2.05, 4.69) is 27.1 Å². The number of nitrogens with two attached hydrogens (primary N) is 1. The molecule has 0 saturated carbocycles. The third kappa shape index (κ3) is 3.55. The molecule has 1 fully saturated rings. The van der Waals surface area contributed by atoms with Crippen molar-refractivity contribution in [1.29, 1.82) is 0 Å². The summed E-state index contributed by atoms with van der Waals surface area (Å²) in [7, 11) is 2.15. The summed E-state index contributed by atoms with van der Waals surface area (Å²) in [5.41, 5.74) is 8.37. The zero-order valence-electron chi connectivity index (χ0n) is 14.9. The van der Waals surface area contributed by atoms with E-state index in [1.807, 2.05) is 48.5 Å². The van der Waals surface area contributed by atoms with Gasteiger partial charge in [0, 0.05) is 24.3 Å². The molecule has 0 spiro atoms. The number of rotatable bonds is 4. The number of ether oxygens (including phenoxy) is 1. The molecule has 4 rings (SSSR count). The molecule has 1 aliphatic rings. The van der Waals surface area contributed by atoms with Crippen molar-refractivity contribution in [3.8, 4) is 28.5 Å². The molecule has 2 aromatic carbocycles. The fourth-order valence-electron chi connectivity index (χ4n) is 3.24. The lowest BCUT2D eigenvalue weighted by molar-refractivity contribution is 0.115. The van der Waals surface area contributed by atoms with Crippen LogP contribution < -0.4 is 10.5 Å². The van der Waals surface area contributed by atoms with Crippen molar-refractivity contribution in [3.63, 3.8) is 0 Å². The molecule has 1 aromatic heterocycles. The molecule has 0 amide bonds. The lowest BCUT2D eigenvalue weighted by Gasteiger charge is -2.29. The third-order valence-corrected chi connectivity index (χ3v) is 4.73. The van der Waals surface area contributed by atoms with Crippen LogP contribution in [-0.4, -0.2) is 46.3 Å². The van der Waals surface area contributed by atoms with Gasteiger partial charge in [-0.05, 0) is 44.2 Å². The number of hydrogen-bond acceptors (Lipinski definition) is 5. The van der Waals surface area contributed by atoms with Crippen molar-refractivity contribution in [2.45, 2.75) is 18.9 Å². The van der Waals surface area contributed by atoms with E-state index in [9.17, 15) is 0 Å². The second kappa shape index (κ2) is 7.17. The second-order valence-corrected chi connectivity index (χ2v) is 6.75. The van der Waals surface area contributed by atoms with E-state index >= 15 is 0 Å². The van der Waals surface area contributed by atoms with Gasteiger partial charge in [-0.15, -0.1) is 0 Å². The van der Waals surface area contributed by atoms with Crippen molar-refractivity contribution >= 4 is 5.69 Å². The number of nitrogens with one attached hydrogen (secondary N) is 1. The highest BCUT2D eigenvalue weighted by atomic mass is 16.5. The maximum absolute atomic E-state index is 6.29. The quantitative estimate of drug-likeness (QED) is 0.707. The van der Waals surface area contributed by atoms with Gasteiger partial charge < -0.3 is 15.4 Å². The highest BCUT2D eigenvalue weighted by molar-refractivity contribution is 5.67. The molecule has 1 saturated heterocycles. The van der Waals surface area contributed by atoms with Gasteiger partial charge >= 0.3 is 0 Å². The first kappa shape index (κ1) is 16.6. The Morgan fingerprint density at radius 1 is 1.12 bits per heavy atom. The summed E-state index contributed by atoms with van der Waals surface area (Å²) in [6.07, 6.45) is 2.31. The van der Waals surface area contributed by atoms with Gasteiger partial charge in [0.2, 0.25) is 0 Å². The molecule has 26 heavy (non-hydrogen) atoms. The number of hydrogen-bond donors (Lipinski definition) is 2. The average molecular weight is 349 g/mol. The standard InChI is InChI=1S/C20H23N5O/c1-25-11-9-16(10-12-25)26-18-8-3-2-7-17(18)20-22-19(23-24-20)14-5-4-6-15(21)13-14/h2-8,13,16H,9-12,21H2,1H3,(H,22,23,24). The Bertz CT molecular complexity index is 883. The summed E-state index contributed by atoms with van der Waals surface area (Å²) in [5, 5.41) is 7.38. The van der Waals surface area contributed by atoms with Gasteiger partial charge in [-0.25, -0.2) is 4.98 Å². The first-order chi connectivity index (χ1) is 12.7. The number of piperidine rings is 1. The molecule has 3 N–H and O–H groups in total. The summed E-state index contributed by atoms with van der Waals surface area (Å²) < 4.78 is 6.29. The predicted molar refractivity (Wildman–Crippen MR) is 103 cm³/mol. The molecule has 0 aliphatic carbocycles. The molecule has 6 nitrogen and oxygen atoms in total. The Labute approximate surface area is 153 Å². The second-order valence-electron chi connectivity index (χ2n) is 6.75. The van der Waals surface area contributed by atoms with Crippen LogP contribution in [0.5, 0.6) is 5.75 Å². The Morgan fingerprint density at radius 2 is 1.92 bits per heavy atom. The first-order valence-corrected chi connectivity index (χ1v) is 8.92. The van der Waals surface area contributed by atoms with E-state index in [0.29, 0.717) is 17.3 Å². The SMILES string of the molecule is CN1CCC(Oc2ccccc2-c2nc(-c3cccc(N)c3)n[nH]2)CC1. The molecule has 0 radical (unpaired) electrons. The van der Waals surface area contributed by atoms with Crippen molar-refractivity contribution < 1.29 is 4.74 Å². The fraction of sp³-hybridized carbons (Fsp3) is 0.300. The topological polar surface area (TPSA) is 80.1 Å². The third-order valence-electron chi connectivity index (χ3n) is 4.73. The number of aromatic amines is 1. The van der Waals surface area contributed by atoms with E-state index in [1.54, 1.807) is 0 Å². The van der Waals surface area contributed by atoms with Crippen LogP contribution in [0.15, 0.2) is 48.5 Å². The number of likely N-dealkylation sites (tertiary alicyclic amines) is 1. The smallest absolute Gasteiger partial charge is 0.181 e. The van der Waals surface area contributed by atoms with Gasteiger partial charge in [0.05, 0.1) is 5.56 Å². The molecular formula is C20H23N5O. The Balaban J connectivity index is 1.59. The molecule has 3 aromatic rings. The average Bonchev–Trinajstić information content (AvgIpc) is 3.14. The van der Waals surface area contributed by atoms with Gasteiger partial charge in [-0.3, -0.25) is 5.10 Å². The van der Waals surface area contributed by atoms with Crippen molar-refractivity contribution in [1.82, 2.24) is 20.1 Å². The normalized spacial score (nSPS) is 15.9. The van der Waals surface area contributed by atoms with Crippen molar-refractivity contribution in [2.75, 3.05) is 25.9 Å². The lowest BCUT2D eigenvalue weighted by atomic mass is 10.1. The minimum Gasteiger partial charge on any atom is -0.490 e. The molecule has 0 unspecified atom stereocenters. The van der Waals surface area contributed by atoms with E-state index in [1.165, 1.54) is 0 Å². The number of nitrogens with zero attached hydrogens (tertiary/aromatic N) is 3. The summed E-state index contributed by atoms with van der Waals surface area (Å²) in [5.74, 6) is 2.17. The van der Waals surface area contributed by atoms with Gasteiger partial charge in [0.25, 0.3) is 0 Å². The molecule has 6 heteroatoms. The van der Waals surface area contributed by atoms with Crippen LogP contribution in [0.25, 0.3) is 22.8 Å². The van der Waals surface area contributed by atoms with E-state index < -0.39 is 0 Å². The van der Waals surface area contributed by atoms with Crippen molar-refractivity contribution in [3.05, 3.63) is 48.5 Å². The molecule has 0 bridgehead atoms. The van der Waals surface area contributed by atoms with Crippen LogP contribution in [0, 0.1) is 0 Å². The number of para-hydroxylation sites is 1. The molecular weight excluding hydrogens is 326 g/mol. The minimum atomic E-state index is 0.240. The van der Waals surface area contributed by atoms with Gasteiger partial charge in [-0.1, -0.05) is 24.3 Å². The van der Waals surface area contributed by atoms with Crippen LogP contribution in [0.2, 0.25) is 0 Å². The highest BCUT2D eigenvalue weighted by Gasteiger charge is 2.20. The Morgan fingerprint density at radius 3 is 2.73 bits per heavy atom. The summed E-state index contributed by atoms with van der Waals surface area (Å²) in [4.78, 5) is 6.98. The lowest BCUT2D eigenvalue weighted by Crippen LogP contribution is -2.35. The maximum atomic E-state index is 6.29. The monoisotopic (exact) mass is 349 g/mol. The number of anilines is 1. The Kier molecular flexibility index (Phi) is 4.58. The zero-order chi connectivity index (χ0) is 17.9. The molecule has 134 valence electrons. The number of benzene rings is 2. The largest absolute Gasteiger partial charge is 0.490 e. The number of aromatic nitrogens is 3. The highest BCUT2D eigenvalue weighted by Crippen LogP contribution is 2.30. The fourth-order valence-corrected chi connectivity index (χ4v) is 3.24. The van der Waals surface area contributed by atoms with Crippen LogP contribution in [-0.2, 0) is 0 Å². The molecule has 0 atom stereocenters. The van der Waals surface area contributed by atoms with Crippen molar-refractivity contribution in [2.24, 2.45) is 0 Å². The zero-order valence-corrected chi connectivity index (χ0v) is 14.9. The van der Waals surface area contributed by atoms with Gasteiger partial charge in [0.15, 0.2) is 11.6 Å². The first-order valence-electron chi connectivity index (χ1n) is 8.92. The maximum Gasteiger partial charge on any atom is 0.181 e.